The van der Waals surface area contributed by atoms with Gasteiger partial charge in [-0.15, -0.1) is 0 Å². The van der Waals surface area contributed by atoms with E-state index in [4.69, 9.17) is 4.74 Å². The number of aliphatic hydroxyl groups is 1. The second kappa shape index (κ2) is 11.0. The van der Waals surface area contributed by atoms with Crippen LogP contribution < -0.4 is 9.64 Å². The van der Waals surface area contributed by atoms with Crippen LogP contribution in [0.15, 0.2) is 84.4 Å². The van der Waals surface area contributed by atoms with Crippen LogP contribution in [0.25, 0.3) is 5.76 Å². The van der Waals surface area contributed by atoms with Crippen molar-refractivity contribution < 1.29 is 23.8 Å². The van der Waals surface area contributed by atoms with Crippen LogP contribution in [0.1, 0.15) is 49.8 Å². The number of benzene rings is 3. The zero-order chi connectivity index (χ0) is 24.8. The molecular formula is C29H28FNO4. The summed E-state index contributed by atoms with van der Waals surface area (Å²) in [5.74, 6) is -1.86. The topological polar surface area (TPSA) is 66.8 Å². The minimum absolute atomic E-state index is 0.0855. The molecule has 6 heteroatoms. The van der Waals surface area contributed by atoms with E-state index in [0.717, 1.165) is 25.7 Å². The van der Waals surface area contributed by atoms with E-state index in [1.54, 1.807) is 60.7 Å². The van der Waals surface area contributed by atoms with Crippen molar-refractivity contribution in [2.24, 2.45) is 0 Å². The van der Waals surface area contributed by atoms with Crippen molar-refractivity contribution >= 4 is 23.1 Å². The van der Waals surface area contributed by atoms with Gasteiger partial charge in [-0.05, 0) is 36.2 Å². The van der Waals surface area contributed by atoms with E-state index >= 15 is 0 Å². The van der Waals surface area contributed by atoms with Crippen LogP contribution in [0.3, 0.4) is 0 Å². The third-order valence-electron chi connectivity index (χ3n) is 6.02. The lowest BCUT2D eigenvalue weighted by atomic mass is 9.95. The Morgan fingerprint density at radius 2 is 1.71 bits per heavy atom. The molecule has 1 N–H and O–H groups in total. The maximum atomic E-state index is 14.2. The number of aliphatic hydroxyl groups excluding tert-OH is 1. The van der Waals surface area contributed by atoms with Gasteiger partial charge in [0.15, 0.2) is 0 Å². The van der Waals surface area contributed by atoms with Crippen molar-refractivity contribution in [3.63, 3.8) is 0 Å². The van der Waals surface area contributed by atoms with Gasteiger partial charge >= 0.3 is 0 Å². The highest BCUT2D eigenvalue weighted by molar-refractivity contribution is 6.51. The molecular weight excluding hydrogens is 445 g/mol. The molecule has 0 aromatic heterocycles. The molecule has 1 heterocycles. The Bertz CT molecular complexity index is 1240. The third-order valence-corrected chi connectivity index (χ3v) is 6.02. The Morgan fingerprint density at radius 3 is 2.46 bits per heavy atom. The number of Topliss-reactive ketones (excluding diaryl/α,β-unsaturated/α-hetero) is 1. The van der Waals surface area contributed by atoms with Gasteiger partial charge in [-0.1, -0.05) is 74.7 Å². The second-order valence-corrected chi connectivity index (χ2v) is 8.50. The molecule has 0 aliphatic carbocycles. The van der Waals surface area contributed by atoms with Crippen LogP contribution in [-0.2, 0) is 9.59 Å². The number of ketones is 1. The molecule has 0 spiro atoms. The first-order valence-corrected chi connectivity index (χ1v) is 11.9. The van der Waals surface area contributed by atoms with E-state index in [2.05, 4.69) is 6.92 Å². The number of hydrogen-bond acceptors (Lipinski definition) is 4. The number of carbonyl (C=O) groups excluding carboxylic acids is 2. The van der Waals surface area contributed by atoms with Crippen molar-refractivity contribution in [1.29, 1.82) is 0 Å². The van der Waals surface area contributed by atoms with E-state index in [1.807, 2.05) is 0 Å². The first-order chi connectivity index (χ1) is 17.0. The monoisotopic (exact) mass is 473 g/mol. The summed E-state index contributed by atoms with van der Waals surface area (Å²) in [7, 11) is 0. The van der Waals surface area contributed by atoms with Crippen LogP contribution in [0.5, 0.6) is 5.75 Å². The minimum atomic E-state index is -0.995. The molecule has 3 aromatic rings. The standard InChI is InChI=1S/C29H28FNO4/c1-2-3-4-8-17-35-24-16-10-15-23(19-24)31-26(21-13-9-14-22(30)18-21)25(28(33)29(31)34)27(32)20-11-6-5-7-12-20/h5-7,9-16,18-19,26,32H,2-4,8,17H2,1H3/b27-25+. The van der Waals surface area contributed by atoms with Crippen LogP contribution >= 0.6 is 0 Å². The number of halogens is 1. The zero-order valence-corrected chi connectivity index (χ0v) is 19.6. The number of hydrogen-bond donors (Lipinski definition) is 1. The van der Waals surface area contributed by atoms with Crippen LogP contribution in [0.2, 0.25) is 0 Å². The van der Waals surface area contributed by atoms with Gasteiger partial charge in [0, 0.05) is 17.3 Å². The molecule has 0 bridgehead atoms. The number of nitrogens with zero attached hydrogens (tertiary/aromatic N) is 1. The van der Waals surface area contributed by atoms with E-state index in [9.17, 15) is 19.1 Å². The quantitative estimate of drug-likeness (QED) is 0.169. The summed E-state index contributed by atoms with van der Waals surface area (Å²) >= 11 is 0. The summed E-state index contributed by atoms with van der Waals surface area (Å²) < 4.78 is 20.1. The largest absolute Gasteiger partial charge is 0.507 e. The predicted octanol–water partition coefficient (Wildman–Crippen LogP) is 6.41. The molecule has 0 radical (unpaired) electrons. The van der Waals surface area contributed by atoms with Gasteiger partial charge in [0.1, 0.15) is 17.3 Å². The van der Waals surface area contributed by atoms with Gasteiger partial charge in [0.2, 0.25) is 0 Å². The predicted molar refractivity (Wildman–Crippen MR) is 134 cm³/mol. The summed E-state index contributed by atoms with van der Waals surface area (Å²) in [6.45, 7) is 2.69. The normalized spacial score (nSPS) is 17.1. The zero-order valence-electron chi connectivity index (χ0n) is 19.6. The highest BCUT2D eigenvalue weighted by Gasteiger charge is 2.47. The van der Waals surface area contributed by atoms with Crippen molar-refractivity contribution in [3.05, 3.63) is 101 Å². The number of rotatable bonds is 9. The Labute approximate surface area is 204 Å². The van der Waals surface area contributed by atoms with Gasteiger partial charge in [-0.25, -0.2) is 4.39 Å². The van der Waals surface area contributed by atoms with Crippen LogP contribution in [-0.4, -0.2) is 23.4 Å². The highest BCUT2D eigenvalue weighted by atomic mass is 19.1. The molecule has 0 saturated carbocycles. The average molecular weight is 474 g/mol. The molecule has 1 atom stereocenters. The maximum Gasteiger partial charge on any atom is 0.300 e. The molecule has 4 rings (SSSR count). The van der Waals surface area contributed by atoms with E-state index in [1.165, 1.54) is 23.1 Å². The summed E-state index contributed by atoms with van der Waals surface area (Å²) in [6, 6.07) is 20.2. The second-order valence-electron chi connectivity index (χ2n) is 8.50. The van der Waals surface area contributed by atoms with E-state index < -0.39 is 23.5 Å². The Morgan fingerprint density at radius 1 is 0.943 bits per heavy atom. The number of amides is 1. The van der Waals surface area contributed by atoms with Crippen molar-refractivity contribution in [2.75, 3.05) is 11.5 Å². The van der Waals surface area contributed by atoms with E-state index in [-0.39, 0.29) is 11.3 Å². The van der Waals surface area contributed by atoms with Crippen molar-refractivity contribution in [1.82, 2.24) is 0 Å². The fraction of sp³-hybridized carbons (Fsp3) is 0.241. The van der Waals surface area contributed by atoms with Gasteiger partial charge < -0.3 is 9.84 Å². The van der Waals surface area contributed by atoms with Gasteiger partial charge in [-0.3, -0.25) is 14.5 Å². The lowest BCUT2D eigenvalue weighted by molar-refractivity contribution is -0.132. The lowest BCUT2D eigenvalue weighted by Gasteiger charge is -2.26. The first kappa shape index (κ1) is 24.2. The Kier molecular flexibility index (Phi) is 7.60. The highest BCUT2D eigenvalue weighted by Crippen LogP contribution is 2.42. The Hall–Kier alpha value is -3.93. The summed E-state index contributed by atoms with van der Waals surface area (Å²) in [6.07, 6.45) is 4.27. The molecule has 1 aliphatic rings. The molecule has 1 fully saturated rings. The number of ether oxygens (including phenoxy) is 1. The minimum Gasteiger partial charge on any atom is -0.507 e. The summed E-state index contributed by atoms with van der Waals surface area (Å²) in [5.41, 5.74) is 1.13. The molecule has 1 saturated heterocycles. The lowest BCUT2D eigenvalue weighted by Crippen LogP contribution is -2.29. The van der Waals surface area contributed by atoms with Gasteiger partial charge in [-0.2, -0.15) is 0 Å². The average Bonchev–Trinajstić information content (AvgIpc) is 3.14. The number of anilines is 1. The Balaban J connectivity index is 1.75. The van der Waals surface area contributed by atoms with Crippen LogP contribution in [0, 0.1) is 5.82 Å². The summed E-state index contributed by atoms with van der Waals surface area (Å²) in [4.78, 5) is 27.8. The van der Waals surface area contributed by atoms with E-state index in [0.29, 0.717) is 29.2 Å². The molecule has 1 aliphatic heterocycles. The molecule has 1 amide bonds. The molecule has 1 unspecified atom stereocenters. The third kappa shape index (κ3) is 5.27. The van der Waals surface area contributed by atoms with Crippen molar-refractivity contribution in [3.8, 4) is 5.75 Å². The first-order valence-electron chi connectivity index (χ1n) is 11.9. The SMILES string of the molecule is CCCCCCOc1cccc(N2C(=O)C(=O)/C(=C(/O)c3ccccc3)C2c2cccc(F)c2)c1. The van der Waals surface area contributed by atoms with Gasteiger partial charge in [0.25, 0.3) is 11.7 Å². The number of unbranched alkanes of at least 4 members (excludes halogenated alkanes) is 3. The smallest absolute Gasteiger partial charge is 0.300 e. The number of carbonyl (C=O) groups is 2. The van der Waals surface area contributed by atoms with Gasteiger partial charge in [0.05, 0.1) is 18.2 Å². The molecule has 35 heavy (non-hydrogen) atoms. The summed E-state index contributed by atoms with van der Waals surface area (Å²) in [5, 5.41) is 11.1. The maximum absolute atomic E-state index is 14.2. The molecule has 3 aromatic carbocycles. The van der Waals surface area contributed by atoms with Crippen molar-refractivity contribution in [2.45, 2.75) is 38.6 Å². The molecule has 5 nitrogen and oxygen atoms in total. The fourth-order valence-corrected chi connectivity index (χ4v) is 4.28. The fourth-order valence-electron chi connectivity index (χ4n) is 4.28. The molecule has 180 valence electrons. The van der Waals surface area contributed by atoms with Crippen LogP contribution in [0.4, 0.5) is 10.1 Å².